The van der Waals surface area contributed by atoms with Gasteiger partial charge in [-0.1, -0.05) is 0 Å². The van der Waals surface area contributed by atoms with Crippen molar-refractivity contribution in [2.45, 2.75) is 6.92 Å². The molecule has 0 unspecified atom stereocenters. The molecule has 56 valence electrons. The zero-order valence-corrected chi connectivity index (χ0v) is 6.76. The van der Waals surface area contributed by atoms with Crippen molar-refractivity contribution in [3.8, 4) is 11.5 Å². The summed E-state index contributed by atoms with van der Waals surface area (Å²) in [7, 11) is 0. The van der Waals surface area contributed by atoms with Gasteiger partial charge in [0.05, 0.1) is 0 Å². The fraction of sp³-hybridized carbons (Fsp3) is 0.143. The van der Waals surface area contributed by atoms with Crippen molar-refractivity contribution in [3.05, 3.63) is 22.7 Å². The predicted octanol–water partition coefficient (Wildman–Crippen LogP) is 2.11. The molecule has 0 atom stereocenters. The molecule has 2 aromatic heterocycles. The molecule has 0 aliphatic heterocycles. The number of rotatable bonds is 1. The molecule has 0 amide bonds. The van der Waals surface area contributed by atoms with Gasteiger partial charge in [0.15, 0.2) is 0 Å². The summed E-state index contributed by atoms with van der Waals surface area (Å²) in [6.45, 7) is 1.78. The van der Waals surface area contributed by atoms with Crippen molar-refractivity contribution < 1.29 is 4.42 Å². The highest BCUT2D eigenvalue weighted by atomic mass is 32.1. The van der Waals surface area contributed by atoms with Crippen LogP contribution in [0.4, 0.5) is 0 Å². The van der Waals surface area contributed by atoms with Crippen LogP contribution in [-0.4, -0.2) is 10.2 Å². The Bertz CT molecular complexity index is 339. The first kappa shape index (κ1) is 6.54. The average Bonchev–Trinajstić information content (AvgIpc) is 2.55. The van der Waals surface area contributed by atoms with Crippen LogP contribution in [0.1, 0.15) is 5.89 Å². The summed E-state index contributed by atoms with van der Waals surface area (Å²) in [5.41, 5.74) is 0.996. The van der Waals surface area contributed by atoms with Gasteiger partial charge < -0.3 is 4.42 Å². The van der Waals surface area contributed by atoms with Crippen LogP contribution >= 0.6 is 11.3 Å². The maximum atomic E-state index is 5.21. The van der Waals surface area contributed by atoms with E-state index < -0.39 is 0 Å². The summed E-state index contributed by atoms with van der Waals surface area (Å²) in [5.74, 6) is 1.20. The zero-order valence-electron chi connectivity index (χ0n) is 5.94. The summed E-state index contributed by atoms with van der Waals surface area (Å²) >= 11 is 1.62. The van der Waals surface area contributed by atoms with Crippen LogP contribution in [0.25, 0.3) is 11.5 Å². The van der Waals surface area contributed by atoms with Crippen LogP contribution in [0.15, 0.2) is 21.2 Å². The van der Waals surface area contributed by atoms with Crippen molar-refractivity contribution in [1.29, 1.82) is 0 Å². The lowest BCUT2D eigenvalue weighted by Crippen LogP contribution is -1.71. The first-order valence-corrected chi connectivity index (χ1v) is 4.13. The normalized spacial score (nSPS) is 10.3. The number of hydrogen-bond acceptors (Lipinski definition) is 4. The Labute approximate surface area is 67.7 Å². The third kappa shape index (κ3) is 1.17. The highest BCUT2D eigenvalue weighted by Crippen LogP contribution is 2.19. The van der Waals surface area contributed by atoms with Gasteiger partial charge in [-0.05, 0) is 11.4 Å². The smallest absolute Gasteiger partial charge is 0.248 e. The summed E-state index contributed by atoms with van der Waals surface area (Å²) in [5, 5.41) is 11.6. The molecule has 0 spiro atoms. The Balaban J connectivity index is 2.45. The monoisotopic (exact) mass is 166 g/mol. The highest BCUT2D eigenvalue weighted by Gasteiger charge is 2.04. The fourth-order valence-corrected chi connectivity index (χ4v) is 1.43. The van der Waals surface area contributed by atoms with Gasteiger partial charge >= 0.3 is 0 Å². The van der Waals surface area contributed by atoms with Crippen molar-refractivity contribution in [3.63, 3.8) is 0 Å². The molecule has 0 aliphatic rings. The number of aryl methyl sites for hydroxylation is 1. The molecule has 11 heavy (non-hydrogen) atoms. The molecule has 0 saturated heterocycles. The molecule has 4 heteroatoms. The van der Waals surface area contributed by atoms with Gasteiger partial charge in [0.2, 0.25) is 11.8 Å². The maximum Gasteiger partial charge on any atom is 0.248 e. The largest absolute Gasteiger partial charge is 0.421 e. The average molecular weight is 166 g/mol. The summed E-state index contributed by atoms with van der Waals surface area (Å²) in [6, 6.07) is 1.96. The lowest BCUT2D eigenvalue weighted by molar-refractivity contribution is 0.533. The first-order valence-electron chi connectivity index (χ1n) is 3.19. The third-order valence-corrected chi connectivity index (χ3v) is 1.98. The second kappa shape index (κ2) is 2.47. The van der Waals surface area contributed by atoms with Crippen molar-refractivity contribution in [2.24, 2.45) is 0 Å². The van der Waals surface area contributed by atoms with E-state index in [4.69, 9.17) is 4.42 Å². The Hall–Kier alpha value is -1.16. The molecular weight excluding hydrogens is 160 g/mol. The topological polar surface area (TPSA) is 38.9 Å². The van der Waals surface area contributed by atoms with Crippen molar-refractivity contribution >= 4 is 11.3 Å². The van der Waals surface area contributed by atoms with Gasteiger partial charge in [-0.15, -0.1) is 10.2 Å². The van der Waals surface area contributed by atoms with Gasteiger partial charge in [-0.25, -0.2) is 0 Å². The minimum atomic E-state index is 0.601. The number of aromatic nitrogens is 2. The summed E-state index contributed by atoms with van der Waals surface area (Å²) in [4.78, 5) is 0. The molecule has 3 nitrogen and oxygen atoms in total. The molecule has 0 aliphatic carbocycles. The zero-order chi connectivity index (χ0) is 7.68. The Morgan fingerprint density at radius 3 is 2.91 bits per heavy atom. The maximum absolute atomic E-state index is 5.21. The standard InChI is InChI=1S/C7H6N2OS/c1-5-8-9-7(10-5)6-2-3-11-4-6/h2-4H,1H3. The number of thiophene rings is 1. The molecule has 0 N–H and O–H groups in total. The summed E-state index contributed by atoms with van der Waals surface area (Å²) < 4.78 is 5.21. The summed E-state index contributed by atoms with van der Waals surface area (Å²) in [6.07, 6.45) is 0. The SMILES string of the molecule is Cc1nnc(-c2ccsc2)o1. The van der Waals surface area contributed by atoms with E-state index in [9.17, 15) is 0 Å². The minimum absolute atomic E-state index is 0.601. The molecule has 0 aromatic carbocycles. The molecule has 2 rings (SSSR count). The molecular formula is C7H6N2OS. The van der Waals surface area contributed by atoms with E-state index >= 15 is 0 Å². The second-order valence-electron chi connectivity index (χ2n) is 2.14. The quantitative estimate of drug-likeness (QED) is 0.651. The predicted molar refractivity (Wildman–Crippen MR) is 42.3 cm³/mol. The molecule has 0 fully saturated rings. The van der Waals surface area contributed by atoms with Crippen LogP contribution < -0.4 is 0 Å². The molecule has 0 bridgehead atoms. The van der Waals surface area contributed by atoms with Gasteiger partial charge in [0, 0.05) is 17.9 Å². The van der Waals surface area contributed by atoms with Gasteiger partial charge in [-0.3, -0.25) is 0 Å². The van der Waals surface area contributed by atoms with E-state index in [-0.39, 0.29) is 0 Å². The van der Waals surface area contributed by atoms with E-state index in [1.54, 1.807) is 18.3 Å². The van der Waals surface area contributed by atoms with Gasteiger partial charge in [0.25, 0.3) is 0 Å². The van der Waals surface area contributed by atoms with Crippen molar-refractivity contribution in [2.75, 3.05) is 0 Å². The third-order valence-electron chi connectivity index (χ3n) is 1.29. The van der Waals surface area contributed by atoms with E-state index in [0.29, 0.717) is 11.8 Å². The molecule has 0 radical (unpaired) electrons. The van der Waals surface area contributed by atoms with Gasteiger partial charge in [0.1, 0.15) is 0 Å². The Kier molecular flexibility index (Phi) is 1.47. The Morgan fingerprint density at radius 2 is 2.36 bits per heavy atom. The van der Waals surface area contributed by atoms with Gasteiger partial charge in [-0.2, -0.15) is 11.3 Å². The van der Waals surface area contributed by atoms with Crippen LogP contribution in [0.5, 0.6) is 0 Å². The minimum Gasteiger partial charge on any atom is -0.421 e. The number of nitrogens with zero attached hydrogens (tertiary/aromatic N) is 2. The van der Waals surface area contributed by atoms with Crippen LogP contribution in [0.2, 0.25) is 0 Å². The van der Waals surface area contributed by atoms with Crippen LogP contribution in [0.3, 0.4) is 0 Å². The van der Waals surface area contributed by atoms with E-state index in [0.717, 1.165) is 5.56 Å². The van der Waals surface area contributed by atoms with E-state index in [1.807, 2.05) is 16.8 Å². The lowest BCUT2D eigenvalue weighted by atomic mass is 10.3. The molecule has 2 heterocycles. The fourth-order valence-electron chi connectivity index (χ4n) is 0.799. The lowest BCUT2D eigenvalue weighted by Gasteiger charge is -1.82. The highest BCUT2D eigenvalue weighted by molar-refractivity contribution is 7.08. The van der Waals surface area contributed by atoms with Crippen LogP contribution in [0, 0.1) is 6.92 Å². The first-order chi connectivity index (χ1) is 5.36. The van der Waals surface area contributed by atoms with E-state index in [1.165, 1.54) is 0 Å². The molecule has 0 saturated carbocycles. The van der Waals surface area contributed by atoms with E-state index in [2.05, 4.69) is 10.2 Å². The Morgan fingerprint density at radius 1 is 1.45 bits per heavy atom. The van der Waals surface area contributed by atoms with Crippen LogP contribution in [-0.2, 0) is 0 Å². The second-order valence-corrected chi connectivity index (χ2v) is 2.92. The molecule has 2 aromatic rings. The number of hydrogen-bond donors (Lipinski definition) is 0. The van der Waals surface area contributed by atoms with Crippen molar-refractivity contribution in [1.82, 2.24) is 10.2 Å².